The number of nitrogens with one attached hydrogen (secondary N) is 1. The van der Waals surface area contributed by atoms with Crippen molar-refractivity contribution in [3.05, 3.63) is 0 Å². The molecule has 1 saturated carbocycles. The largest absolute Gasteiger partial charge is 0.340 e. The highest BCUT2D eigenvalue weighted by atomic mass is 19.3. The van der Waals surface area contributed by atoms with Crippen molar-refractivity contribution in [1.29, 1.82) is 5.26 Å². The molecule has 1 fully saturated rings. The number of hydrogen-bond donors (Lipinski definition) is 1. The van der Waals surface area contributed by atoms with Gasteiger partial charge in [-0.05, 0) is 19.8 Å². The average molecular weight is 216 g/mol. The number of nitrogens with zero attached hydrogens (tertiary/aromatic N) is 1. The summed E-state index contributed by atoms with van der Waals surface area (Å²) in [6, 6.07) is 1.32. The molecule has 1 N–H and O–H groups in total. The van der Waals surface area contributed by atoms with Gasteiger partial charge in [0.05, 0.1) is 6.07 Å². The van der Waals surface area contributed by atoms with Gasteiger partial charge in [0.1, 0.15) is 6.04 Å². The Bertz CT molecular complexity index is 276. The van der Waals surface area contributed by atoms with E-state index < -0.39 is 12.0 Å². The van der Waals surface area contributed by atoms with Gasteiger partial charge in [0.25, 0.3) is 0 Å². The summed E-state index contributed by atoms with van der Waals surface area (Å²) in [7, 11) is 0. The van der Waals surface area contributed by atoms with Gasteiger partial charge in [-0.15, -0.1) is 0 Å². The van der Waals surface area contributed by atoms with Gasteiger partial charge in [-0.3, -0.25) is 4.79 Å². The first kappa shape index (κ1) is 11.9. The van der Waals surface area contributed by atoms with Crippen molar-refractivity contribution in [2.24, 2.45) is 5.92 Å². The maximum absolute atomic E-state index is 12.8. The molecule has 84 valence electrons. The zero-order valence-corrected chi connectivity index (χ0v) is 8.59. The Morgan fingerprint density at radius 2 is 2.07 bits per heavy atom. The van der Waals surface area contributed by atoms with Crippen molar-refractivity contribution in [2.75, 3.05) is 0 Å². The van der Waals surface area contributed by atoms with E-state index in [1.807, 2.05) is 6.07 Å². The van der Waals surface area contributed by atoms with Gasteiger partial charge in [-0.1, -0.05) is 0 Å². The van der Waals surface area contributed by atoms with Crippen LogP contribution < -0.4 is 5.32 Å². The predicted octanol–water partition coefficient (Wildman–Crippen LogP) is 1.84. The van der Waals surface area contributed by atoms with Crippen molar-refractivity contribution in [3.63, 3.8) is 0 Å². The van der Waals surface area contributed by atoms with Crippen LogP contribution in [0.5, 0.6) is 0 Å². The number of alkyl halides is 2. The van der Waals surface area contributed by atoms with E-state index in [4.69, 9.17) is 5.26 Å². The number of carbonyl (C=O) groups excluding carboxylic acids is 1. The quantitative estimate of drug-likeness (QED) is 0.765. The molecular formula is C10H14F2N2O. The van der Waals surface area contributed by atoms with E-state index in [1.54, 1.807) is 6.92 Å². The van der Waals surface area contributed by atoms with Crippen LogP contribution in [-0.2, 0) is 4.79 Å². The fourth-order valence-corrected chi connectivity index (χ4v) is 1.67. The van der Waals surface area contributed by atoms with Crippen LogP contribution in [0.15, 0.2) is 0 Å². The summed E-state index contributed by atoms with van der Waals surface area (Å²) in [6.45, 7) is 1.56. The molecule has 3 nitrogen and oxygen atoms in total. The number of nitriles is 1. The predicted molar refractivity (Wildman–Crippen MR) is 50.1 cm³/mol. The van der Waals surface area contributed by atoms with Gasteiger partial charge in [-0.25, -0.2) is 8.78 Å². The molecule has 0 bridgehead atoms. The molecule has 15 heavy (non-hydrogen) atoms. The van der Waals surface area contributed by atoms with E-state index in [1.165, 1.54) is 0 Å². The molecule has 1 aliphatic rings. The molecule has 1 rings (SSSR count). The molecule has 0 aromatic heterocycles. The summed E-state index contributed by atoms with van der Waals surface area (Å²) in [6.07, 6.45) is -0.0496. The lowest BCUT2D eigenvalue weighted by atomic mass is 9.86. The molecule has 0 heterocycles. The lowest BCUT2D eigenvalue weighted by Crippen LogP contribution is -2.39. The van der Waals surface area contributed by atoms with Crippen LogP contribution in [0.1, 0.15) is 32.6 Å². The highest BCUT2D eigenvalue weighted by molar-refractivity contribution is 5.79. The van der Waals surface area contributed by atoms with Gasteiger partial charge < -0.3 is 5.32 Å². The van der Waals surface area contributed by atoms with Crippen LogP contribution in [-0.4, -0.2) is 17.9 Å². The SMILES string of the molecule is C[C@@H](C#N)NC(=O)C1CCC(F)(F)CC1. The summed E-state index contributed by atoms with van der Waals surface area (Å²) in [4.78, 5) is 11.5. The summed E-state index contributed by atoms with van der Waals surface area (Å²) < 4.78 is 25.6. The van der Waals surface area contributed by atoms with Crippen LogP contribution in [0.25, 0.3) is 0 Å². The van der Waals surface area contributed by atoms with Crippen molar-refractivity contribution >= 4 is 5.91 Å². The zero-order chi connectivity index (χ0) is 11.5. The molecule has 1 atom stereocenters. The Morgan fingerprint density at radius 3 is 2.53 bits per heavy atom. The minimum Gasteiger partial charge on any atom is -0.340 e. The molecule has 1 amide bonds. The molecule has 0 aromatic rings. The molecule has 1 aliphatic carbocycles. The van der Waals surface area contributed by atoms with E-state index >= 15 is 0 Å². The van der Waals surface area contributed by atoms with Crippen LogP contribution in [0.3, 0.4) is 0 Å². The van der Waals surface area contributed by atoms with E-state index in [2.05, 4.69) is 5.32 Å². The minimum absolute atomic E-state index is 0.205. The number of hydrogen-bond acceptors (Lipinski definition) is 2. The Morgan fingerprint density at radius 1 is 1.53 bits per heavy atom. The lowest BCUT2D eigenvalue weighted by Gasteiger charge is -2.27. The molecule has 5 heteroatoms. The van der Waals surface area contributed by atoms with Crippen LogP contribution in [0.4, 0.5) is 8.78 Å². The molecule has 0 radical (unpaired) electrons. The molecule has 0 aliphatic heterocycles. The maximum Gasteiger partial charge on any atom is 0.248 e. The number of halogens is 2. The van der Waals surface area contributed by atoms with Crippen molar-refractivity contribution in [1.82, 2.24) is 5.32 Å². The molecule has 0 unspecified atom stereocenters. The Labute approximate surface area is 87.5 Å². The molecule has 0 saturated heterocycles. The third kappa shape index (κ3) is 3.46. The number of amides is 1. The summed E-state index contributed by atoms with van der Waals surface area (Å²) in [5.41, 5.74) is 0. The second-order valence-corrected chi connectivity index (χ2v) is 3.99. The normalized spacial score (nSPS) is 22.8. The number of rotatable bonds is 2. The fourth-order valence-electron chi connectivity index (χ4n) is 1.67. The van der Waals surface area contributed by atoms with Crippen molar-refractivity contribution in [2.45, 2.75) is 44.6 Å². The third-order valence-electron chi connectivity index (χ3n) is 2.64. The summed E-state index contributed by atoms with van der Waals surface area (Å²) in [5, 5.41) is 11.0. The van der Waals surface area contributed by atoms with Crippen LogP contribution >= 0.6 is 0 Å². The lowest BCUT2D eigenvalue weighted by molar-refractivity contribution is -0.129. The Hall–Kier alpha value is -1.18. The van der Waals surface area contributed by atoms with E-state index in [0.29, 0.717) is 0 Å². The molecular weight excluding hydrogens is 202 g/mol. The first-order valence-corrected chi connectivity index (χ1v) is 5.02. The van der Waals surface area contributed by atoms with Gasteiger partial charge in [0, 0.05) is 18.8 Å². The van der Waals surface area contributed by atoms with Crippen molar-refractivity contribution in [3.8, 4) is 6.07 Å². The van der Waals surface area contributed by atoms with E-state index in [9.17, 15) is 13.6 Å². The maximum atomic E-state index is 12.8. The van der Waals surface area contributed by atoms with Crippen LogP contribution in [0.2, 0.25) is 0 Å². The standard InChI is InChI=1S/C10H14F2N2O/c1-7(6-13)14-9(15)8-2-4-10(11,12)5-3-8/h7-8H,2-5H2,1H3,(H,14,15)/t7-/m0/s1. The minimum atomic E-state index is -2.61. The van der Waals surface area contributed by atoms with E-state index in [0.717, 1.165) is 0 Å². The molecule has 0 aromatic carbocycles. The Balaban J connectivity index is 2.41. The van der Waals surface area contributed by atoms with E-state index in [-0.39, 0.29) is 37.5 Å². The van der Waals surface area contributed by atoms with Crippen molar-refractivity contribution < 1.29 is 13.6 Å². The number of carbonyl (C=O) groups is 1. The molecule has 0 spiro atoms. The first-order chi connectivity index (χ1) is 6.94. The topological polar surface area (TPSA) is 52.9 Å². The van der Waals surface area contributed by atoms with Gasteiger partial charge >= 0.3 is 0 Å². The highest BCUT2D eigenvalue weighted by Crippen LogP contribution is 2.36. The van der Waals surface area contributed by atoms with Gasteiger partial charge in [0.15, 0.2) is 0 Å². The average Bonchev–Trinajstić information content (AvgIpc) is 2.17. The van der Waals surface area contributed by atoms with Crippen LogP contribution in [0, 0.1) is 17.2 Å². The van der Waals surface area contributed by atoms with Gasteiger partial charge in [-0.2, -0.15) is 5.26 Å². The summed E-state index contributed by atoms with van der Waals surface area (Å²) in [5.74, 6) is -3.25. The second-order valence-electron chi connectivity index (χ2n) is 3.99. The fraction of sp³-hybridized carbons (Fsp3) is 0.800. The smallest absolute Gasteiger partial charge is 0.248 e. The first-order valence-electron chi connectivity index (χ1n) is 5.02. The van der Waals surface area contributed by atoms with Gasteiger partial charge in [0.2, 0.25) is 11.8 Å². The Kier molecular flexibility index (Phi) is 3.61. The summed E-state index contributed by atoms with van der Waals surface area (Å²) >= 11 is 0. The monoisotopic (exact) mass is 216 g/mol. The zero-order valence-electron chi connectivity index (χ0n) is 8.59. The second kappa shape index (κ2) is 4.56. The highest BCUT2D eigenvalue weighted by Gasteiger charge is 2.37. The third-order valence-corrected chi connectivity index (χ3v) is 2.64.